The second-order valence-electron chi connectivity index (χ2n) is 5.49. The molecule has 2 aromatic heterocycles. The molecule has 1 aromatic carbocycles. The van der Waals surface area contributed by atoms with Crippen LogP contribution in [-0.4, -0.2) is 14.1 Å². The maximum Gasteiger partial charge on any atom is 0.109 e. The third-order valence-electron chi connectivity index (χ3n) is 4.14. The third-order valence-corrected chi connectivity index (χ3v) is 4.14. The van der Waals surface area contributed by atoms with Gasteiger partial charge in [-0.1, -0.05) is 6.07 Å². The van der Waals surface area contributed by atoms with E-state index in [1.54, 1.807) is 0 Å². The standard InChI is InChI=1S/C16H17N3/c1-11-9-18(2)15-6-5-12(8-13(11)15)14-10-19-7-3-4-16(19)17-14/h5-6,8-10H,3-4,7H2,1-2H3. The second kappa shape index (κ2) is 3.73. The van der Waals surface area contributed by atoms with Gasteiger partial charge in [0, 0.05) is 48.9 Å². The van der Waals surface area contributed by atoms with Crippen LogP contribution in [0.25, 0.3) is 22.2 Å². The summed E-state index contributed by atoms with van der Waals surface area (Å²) in [7, 11) is 2.10. The molecule has 0 bridgehead atoms. The lowest BCUT2D eigenvalue weighted by atomic mass is 10.1. The summed E-state index contributed by atoms with van der Waals surface area (Å²) in [5, 5.41) is 1.33. The summed E-state index contributed by atoms with van der Waals surface area (Å²) < 4.78 is 4.47. The molecule has 3 heteroatoms. The molecule has 0 amide bonds. The number of benzene rings is 1. The molecule has 3 aromatic rings. The molecule has 4 rings (SSSR count). The van der Waals surface area contributed by atoms with Gasteiger partial charge in [-0.05, 0) is 31.0 Å². The Morgan fingerprint density at radius 1 is 1.21 bits per heavy atom. The first-order valence-corrected chi connectivity index (χ1v) is 6.84. The summed E-state index contributed by atoms with van der Waals surface area (Å²) in [5.41, 5.74) is 4.95. The molecule has 0 unspecified atom stereocenters. The van der Waals surface area contributed by atoms with Gasteiger partial charge in [0.15, 0.2) is 0 Å². The number of hydrogen-bond donors (Lipinski definition) is 0. The van der Waals surface area contributed by atoms with E-state index in [4.69, 9.17) is 4.98 Å². The van der Waals surface area contributed by atoms with Gasteiger partial charge in [-0.25, -0.2) is 4.98 Å². The van der Waals surface area contributed by atoms with Gasteiger partial charge in [-0.3, -0.25) is 0 Å². The van der Waals surface area contributed by atoms with Crippen LogP contribution in [0.5, 0.6) is 0 Å². The maximum atomic E-state index is 4.76. The SMILES string of the molecule is Cc1cn(C)c2ccc(-c3cn4c(n3)CCC4)cc12. The average Bonchev–Trinajstić information content (AvgIpc) is 3.04. The monoisotopic (exact) mass is 251 g/mol. The Morgan fingerprint density at radius 2 is 2.11 bits per heavy atom. The van der Waals surface area contributed by atoms with Crippen LogP contribution in [0, 0.1) is 6.92 Å². The fourth-order valence-electron chi connectivity index (χ4n) is 3.14. The van der Waals surface area contributed by atoms with E-state index in [-0.39, 0.29) is 0 Å². The van der Waals surface area contributed by atoms with Crippen LogP contribution in [0.1, 0.15) is 17.8 Å². The Morgan fingerprint density at radius 3 is 2.95 bits per heavy atom. The van der Waals surface area contributed by atoms with Crippen molar-refractivity contribution < 1.29 is 0 Å². The first-order chi connectivity index (χ1) is 9.22. The van der Waals surface area contributed by atoms with Gasteiger partial charge in [0.2, 0.25) is 0 Å². The minimum atomic E-state index is 1.11. The first-order valence-electron chi connectivity index (χ1n) is 6.84. The smallest absolute Gasteiger partial charge is 0.109 e. The highest BCUT2D eigenvalue weighted by atomic mass is 15.1. The normalized spacial score (nSPS) is 14.2. The average molecular weight is 251 g/mol. The van der Waals surface area contributed by atoms with Crippen molar-refractivity contribution in [2.75, 3.05) is 0 Å². The number of fused-ring (bicyclic) bond motifs is 2. The van der Waals surface area contributed by atoms with Crippen molar-refractivity contribution in [3.63, 3.8) is 0 Å². The van der Waals surface area contributed by atoms with Crippen LogP contribution in [0.15, 0.2) is 30.6 Å². The number of hydrogen-bond acceptors (Lipinski definition) is 1. The minimum Gasteiger partial charge on any atom is -0.350 e. The van der Waals surface area contributed by atoms with Gasteiger partial charge in [-0.2, -0.15) is 0 Å². The third kappa shape index (κ3) is 1.54. The van der Waals surface area contributed by atoms with E-state index in [0.717, 1.165) is 18.7 Å². The van der Waals surface area contributed by atoms with Crippen LogP contribution in [0.4, 0.5) is 0 Å². The van der Waals surface area contributed by atoms with Gasteiger partial charge < -0.3 is 9.13 Å². The zero-order chi connectivity index (χ0) is 13.0. The molecule has 0 saturated heterocycles. The number of imidazole rings is 1. The molecule has 19 heavy (non-hydrogen) atoms. The fourth-order valence-corrected chi connectivity index (χ4v) is 3.14. The van der Waals surface area contributed by atoms with Crippen molar-refractivity contribution in [3.8, 4) is 11.3 Å². The van der Waals surface area contributed by atoms with Gasteiger partial charge in [0.05, 0.1) is 5.69 Å². The molecule has 0 radical (unpaired) electrons. The lowest BCUT2D eigenvalue weighted by Crippen LogP contribution is -1.87. The lowest BCUT2D eigenvalue weighted by Gasteiger charge is -2.00. The zero-order valence-corrected chi connectivity index (χ0v) is 11.3. The molecule has 0 atom stereocenters. The number of aromatic nitrogens is 3. The summed E-state index contributed by atoms with van der Waals surface area (Å²) in [5.74, 6) is 1.24. The molecular formula is C16H17N3. The van der Waals surface area contributed by atoms with Gasteiger partial charge in [0.1, 0.15) is 5.82 Å². The highest BCUT2D eigenvalue weighted by Gasteiger charge is 2.15. The highest BCUT2D eigenvalue weighted by Crippen LogP contribution is 2.28. The molecule has 96 valence electrons. The predicted molar refractivity (Wildman–Crippen MR) is 77.2 cm³/mol. The van der Waals surface area contributed by atoms with E-state index >= 15 is 0 Å². The van der Waals surface area contributed by atoms with Crippen LogP contribution >= 0.6 is 0 Å². The van der Waals surface area contributed by atoms with Crippen molar-refractivity contribution in [1.29, 1.82) is 0 Å². The number of aryl methyl sites for hydroxylation is 4. The Labute approximate surface area is 112 Å². The molecule has 1 aliphatic rings. The van der Waals surface area contributed by atoms with Gasteiger partial charge in [0.25, 0.3) is 0 Å². The lowest BCUT2D eigenvalue weighted by molar-refractivity contribution is 0.750. The molecule has 0 fully saturated rings. The second-order valence-corrected chi connectivity index (χ2v) is 5.49. The topological polar surface area (TPSA) is 22.8 Å². The molecule has 0 saturated carbocycles. The van der Waals surface area contributed by atoms with Gasteiger partial charge >= 0.3 is 0 Å². The minimum absolute atomic E-state index is 1.11. The fraction of sp³-hybridized carbons (Fsp3) is 0.312. The van der Waals surface area contributed by atoms with Crippen molar-refractivity contribution in [2.24, 2.45) is 7.05 Å². The van der Waals surface area contributed by atoms with E-state index in [9.17, 15) is 0 Å². The van der Waals surface area contributed by atoms with Crippen molar-refractivity contribution in [2.45, 2.75) is 26.3 Å². The Bertz CT molecular complexity index is 755. The summed E-state index contributed by atoms with van der Waals surface area (Å²) in [6, 6.07) is 6.64. The van der Waals surface area contributed by atoms with Crippen LogP contribution in [-0.2, 0) is 20.0 Å². The number of rotatable bonds is 1. The van der Waals surface area contributed by atoms with Crippen LogP contribution < -0.4 is 0 Å². The molecular weight excluding hydrogens is 234 g/mol. The zero-order valence-electron chi connectivity index (χ0n) is 11.3. The Kier molecular flexibility index (Phi) is 2.13. The van der Waals surface area contributed by atoms with E-state index in [1.807, 2.05) is 0 Å². The molecule has 3 heterocycles. The molecule has 0 aliphatic carbocycles. The summed E-state index contributed by atoms with van der Waals surface area (Å²) in [4.78, 5) is 4.76. The molecule has 0 N–H and O–H groups in total. The molecule has 3 nitrogen and oxygen atoms in total. The van der Waals surface area contributed by atoms with E-state index in [1.165, 1.54) is 34.3 Å². The summed E-state index contributed by atoms with van der Waals surface area (Å²) in [6.45, 7) is 3.29. The highest BCUT2D eigenvalue weighted by molar-refractivity contribution is 5.87. The maximum absolute atomic E-state index is 4.76. The predicted octanol–water partition coefficient (Wildman–Crippen LogP) is 3.30. The van der Waals surface area contributed by atoms with Crippen LogP contribution in [0.2, 0.25) is 0 Å². The summed E-state index contributed by atoms with van der Waals surface area (Å²) in [6.07, 6.45) is 6.73. The van der Waals surface area contributed by atoms with Crippen molar-refractivity contribution in [3.05, 3.63) is 42.0 Å². The summed E-state index contributed by atoms with van der Waals surface area (Å²) >= 11 is 0. The van der Waals surface area contributed by atoms with Crippen molar-refractivity contribution in [1.82, 2.24) is 14.1 Å². The number of nitrogens with zero attached hydrogens (tertiary/aromatic N) is 3. The van der Waals surface area contributed by atoms with Crippen LogP contribution in [0.3, 0.4) is 0 Å². The van der Waals surface area contributed by atoms with E-state index in [0.29, 0.717) is 0 Å². The Balaban J connectivity index is 1.88. The largest absolute Gasteiger partial charge is 0.350 e. The van der Waals surface area contributed by atoms with Gasteiger partial charge in [-0.15, -0.1) is 0 Å². The van der Waals surface area contributed by atoms with E-state index < -0.39 is 0 Å². The van der Waals surface area contributed by atoms with E-state index in [2.05, 4.69) is 53.7 Å². The molecule has 1 aliphatic heterocycles. The van der Waals surface area contributed by atoms with Crippen molar-refractivity contribution >= 4 is 10.9 Å². The first kappa shape index (κ1) is 10.9. The quantitative estimate of drug-likeness (QED) is 0.650. The Hall–Kier alpha value is -2.03. The molecule has 0 spiro atoms.